The first-order chi connectivity index (χ1) is 9.15. The molecule has 0 aromatic heterocycles. The lowest BCUT2D eigenvalue weighted by atomic mass is 9.81. The van der Waals surface area contributed by atoms with Crippen molar-refractivity contribution < 1.29 is 4.79 Å². The molecule has 0 heterocycles. The third-order valence-corrected chi connectivity index (χ3v) is 4.55. The molecule has 1 fully saturated rings. The van der Waals surface area contributed by atoms with Gasteiger partial charge in [-0.15, -0.1) is 0 Å². The van der Waals surface area contributed by atoms with Crippen molar-refractivity contribution in [2.45, 2.75) is 39.0 Å². The second kappa shape index (κ2) is 7.09. The summed E-state index contributed by atoms with van der Waals surface area (Å²) in [6, 6.07) is 7.53. The molecule has 19 heavy (non-hydrogen) atoms. The second-order valence-electron chi connectivity index (χ2n) is 5.68. The standard InChI is InChI=1S/C16H22BrNO/c1-12-5-7-13(8-6-12)9-10-18-16(19)14-3-2-4-15(17)11-14/h2-4,11-13H,5-10H2,1H3,(H,18,19). The van der Waals surface area contributed by atoms with Gasteiger partial charge in [-0.1, -0.05) is 54.6 Å². The molecule has 1 N–H and O–H groups in total. The topological polar surface area (TPSA) is 29.1 Å². The summed E-state index contributed by atoms with van der Waals surface area (Å²) in [7, 11) is 0. The van der Waals surface area contributed by atoms with Gasteiger partial charge in [0.1, 0.15) is 0 Å². The molecule has 0 radical (unpaired) electrons. The van der Waals surface area contributed by atoms with Crippen LogP contribution in [0.1, 0.15) is 49.4 Å². The van der Waals surface area contributed by atoms with E-state index in [1.165, 1.54) is 25.7 Å². The molecule has 2 rings (SSSR count). The minimum Gasteiger partial charge on any atom is -0.352 e. The van der Waals surface area contributed by atoms with Gasteiger partial charge in [-0.05, 0) is 36.5 Å². The zero-order chi connectivity index (χ0) is 13.7. The van der Waals surface area contributed by atoms with Crippen molar-refractivity contribution in [1.29, 1.82) is 0 Å². The highest BCUT2D eigenvalue weighted by Crippen LogP contribution is 2.29. The highest BCUT2D eigenvalue weighted by atomic mass is 79.9. The van der Waals surface area contributed by atoms with Gasteiger partial charge in [-0.3, -0.25) is 4.79 Å². The molecule has 0 saturated heterocycles. The number of hydrogen-bond acceptors (Lipinski definition) is 1. The first kappa shape index (κ1) is 14.6. The molecule has 1 aliphatic carbocycles. The van der Waals surface area contributed by atoms with Crippen LogP contribution in [0.15, 0.2) is 28.7 Å². The second-order valence-corrected chi connectivity index (χ2v) is 6.60. The van der Waals surface area contributed by atoms with Crippen molar-refractivity contribution in [1.82, 2.24) is 5.32 Å². The number of halogens is 1. The Hall–Kier alpha value is -0.830. The highest BCUT2D eigenvalue weighted by Gasteiger charge is 2.18. The van der Waals surface area contributed by atoms with Crippen molar-refractivity contribution in [2.75, 3.05) is 6.54 Å². The zero-order valence-corrected chi connectivity index (χ0v) is 13.1. The molecular formula is C16H22BrNO. The Morgan fingerprint density at radius 1 is 1.32 bits per heavy atom. The van der Waals surface area contributed by atoms with E-state index < -0.39 is 0 Å². The van der Waals surface area contributed by atoms with E-state index in [0.29, 0.717) is 0 Å². The number of hydrogen-bond donors (Lipinski definition) is 1. The van der Waals surface area contributed by atoms with Gasteiger partial charge >= 0.3 is 0 Å². The maximum Gasteiger partial charge on any atom is 0.251 e. The molecule has 0 aliphatic heterocycles. The smallest absolute Gasteiger partial charge is 0.251 e. The Morgan fingerprint density at radius 2 is 2.05 bits per heavy atom. The van der Waals surface area contributed by atoms with E-state index in [9.17, 15) is 4.79 Å². The largest absolute Gasteiger partial charge is 0.352 e. The zero-order valence-electron chi connectivity index (χ0n) is 11.5. The van der Waals surface area contributed by atoms with Crippen LogP contribution in [0.25, 0.3) is 0 Å². The summed E-state index contributed by atoms with van der Waals surface area (Å²) in [5, 5.41) is 3.02. The van der Waals surface area contributed by atoms with Crippen molar-refractivity contribution in [2.24, 2.45) is 11.8 Å². The van der Waals surface area contributed by atoms with E-state index in [-0.39, 0.29) is 5.91 Å². The maximum absolute atomic E-state index is 12.0. The van der Waals surface area contributed by atoms with Gasteiger partial charge in [0.25, 0.3) is 5.91 Å². The third-order valence-electron chi connectivity index (χ3n) is 4.06. The van der Waals surface area contributed by atoms with Gasteiger partial charge in [0.15, 0.2) is 0 Å². The van der Waals surface area contributed by atoms with Crippen LogP contribution in [0.2, 0.25) is 0 Å². The van der Waals surface area contributed by atoms with Gasteiger partial charge in [0, 0.05) is 16.6 Å². The molecule has 0 atom stereocenters. The van der Waals surface area contributed by atoms with Gasteiger partial charge in [-0.2, -0.15) is 0 Å². The summed E-state index contributed by atoms with van der Waals surface area (Å²) in [6.45, 7) is 3.13. The van der Waals surface area contributed by atoms with Crippen molar-refractivity contribution in [3.05, 3.63) is 34.3 Å². The molecule has 0 bridgehead atoms. The molecule has 3 heteroatoms. The van der Waals surface area contributed by atoms with Crippen LogP contribution in [0.5, 0.6) is 0 Å². The van der Waals surface area contributed by atoms with Crippen LogP contribution in [0.3, 0.4) is 0 Å². The maximum atomic E-state index is 12.0. The molecule has 1 amide bonds. The lowest BCUT2D eigenvalue weighted by molar-refractivity contribution is 0.0949. The Labute approximate surface area is 124 Å². The summed E-state index contributed by atoms with van der Waals surface area (Å²) in [6.07, 6.45) is 6.47. The number of carbonyl (C=O) groups excluding carboxylic acids is 1. The molecule has 1 aliphatic rings. The van der Waals surface area contributed by atoms with E-state index in [1.54, 1.807) is 0 Å². The quantitative estimate of drug-likeness (QED) is 0.874. The lowest BCUT2D eigenvalue weighted by Gasteiger charge is -2.26. The fourth-order valence-electron chi connectivity index (χ4n) is 2.74. The van der Waals surface area contributed by atoms with Crippen molar-refractivity contribution >= 4 is 21.8 Å². The first-order valence-corrected chi connectivity index (χ1v) is 7.98. The van der Waals surface area contributed by atoms with Crippen LogP contribution in [-0.4, -0.2) is 12.5 Å². The fourth-order valence-corrected chi connectivity index (χ4v) is 3.14. The number of rotatable bonds is 4. The molecule has 104 valence electrons. The van der Waals surface area contributed by atoms with E-state index in [1.807, 2.05) is 24.3 Å². The predicted molar refractivity (Wildman–Crippen MR) is 82.2 cm³/mol. The van der Waals surface area contributed by atoms with Gasteiger partial charge < -0.3 is 5.32 Å². The van der Waals surface area contributed by atoms with Gasteiger partial charge in [0.2, 0.25) is 0 Å². The minimum atomic E-state index is 0.0328. The number of nitrogens with one attached hydrogen (secondary N) is 1. The summed E-state index contributed by atoms with van der Waals surface area (Å²) in [5.74, 6) is 1.73. The summed E-state index contributed by atoms with van der Waals surface area (Å²) in [5.41, 5.74) is 0.728. The van der Waals surface area contributed by atoms with Crippen molar-refractivity contribution in [3.8, 4) is 0 Å². The molecule has 1 aromatic carbocycles. The summed E-state index contributed by atoms with van der Waals surface area (Å²) in [4.78, 5) is 12.0. The fraction of sp³-hybridized carbons (Fsp3) is 0.562. The van der Waals surface area contributed by atoms with E-state index in [4.69, 9.17) is 0 Å². The summed E-state index contributed by atoms with van der Waals surface area (Å²) >= 11 is 3.39. The first-order valence-electron chi connectivity index (χ1n) is 7.19. The molecule has 2 nitrogen and oxygen atoms in total. The predicted octanol–water partition coefficient (Wildman–Crippen LogP) is 4.40. The lowest BCUT2D eigenvalue weighted by Crippen LogP contribution is -2.26. The van der Waals surface area contributed by atoms with Gasteiger partial charge in [0.05, 0.1) is 0 Å². The Morgan fingerprint density at radius 3 is 2.74 bits per heavy atom. The molecular weight excluding hydrogens is 302 g/mol. The highest BCUT2D eigenvalue weighted by molar-refractivity contribution is 9.10. The molecule has 1 aromatic rings. The van der Waals surface area contributed by atoms with Gasteiger partial charge in [-0.25, -0.2) is 0 Å². The molecule has 0 spiro atoms. The minimum absolute atomic E-state index is 0.0328. The van der Waals surface area contributed by atoms with Crippen LogP contribution < -0.4 is 5.32 Å². The van der Waals surface area contributed by atoms with Crippen LogP contribution in [0.4, 0.5) is 0 Å². The van der Waals surface area contributed by atoms with Crippen LogP contribution in [-0.2, 0) is 0 Å². The monoisotopic (exact) mass is 323 g/mol. The van der Waals surface area contributed by atoms with E-state index >= 15 is 0 Å². The van der Waals surface area contributed by atoms with E-state index in [0.717, 1.165) is 34.8 Å². The van der Waals surface area contributed by atoms with Crippen LogP contribution >= 0.6 is 15.9 Å². The average Bonchev–Trinajstić information content (AvgIpc) is 2.41. The Bertz CT molecular complexity index is 425. The Kier molecular flexibility index (Phi) is 5.44. The Balaban J connectivity index is 1.72. The molecule has 1 saturated carbocycles. The van der Waals surface area contributed by atoms with Crippen LogP contribution in [0, 0.1) is 11.8 Å². The average molecular weight is 324 g/mol. The number of carbonyl (C=O) groups is 1. The SMILES string of the molecule is CC1CCC(CCNC(=O)c2cccc(Br)c2)CC1. The van der Waals surface area contributed by atoms with Crippen molar-refractivity contribution in [3.63, 3.8) is 0 Å². The summed E-state index contributed by atoms with van der Waals surface area (Å²) < 4.78 is 0.946. The normalized spacial score (nSPS) is 23.1. The molecule has 0 unspecified atom stereocenters. The van der Waals surface area contributed by atoms with E-state index in [2.05, 4.69) is 28.2 Å². The number of benzene rings is 1. The number of amides is 1. The third kappa shape index (κ3) is 4.64.